The zero-order valence-electron chi connectivity index (χ0n) is 15.1. The molecule has 3 amide bonds. The van der Waals surface area contributed by atoms with Crippen LogP contribution in [0.15, 0.2) is 59.5 Å². The number of hydrogen-bond acceptors (Lipinski definition) is 4. The number of rotatable bonds is 6. The molecule has 2 aromatic carbocycles. The molecule has 1 N–H and O–H groups in total. The van der Waals surface area contributed by atoms with Crippen molar-refractivity contribution in [2.45, 2.75) is 0 Å². The number of carbonyl (C=O) groups excluding carboxylic acids is 3. The van der Waals surface area contributed by atoms with Crippen molar-refractivity contribution in [1.29, 1.82) is 0 Å². The lowest BCUT2D eigenvalue weighted by Crippen LogP contribution is -2.36. The van der Waals surface area contributed by atoms with Gasteiger partial charge in [-0.15, -0.1) is 0 Å². The Labute approximate surface area is 170 Å². The highest BCUT2D eigenvalue weighted by Crippen LogP contribution is 2.32. The summed E-state index contributed by atoms with van der Waals surface area (Å²) < 4.78 is 26.8. The molecule has 1 heterocycles. The fourth-order valence-corrected chi connectivity index (χ4v) is 3.41. The number of thioether (sulfide) groups is 1. The molecule has 0 aromatic heterocycles. The van der Waals surface area contributed by atoms with Gasteiger partial charge in [-0.05, 0) is 47.7 Å². The van der Waals surface area contributed by atoms with Gasteiger partial charge in [-0.3, -0.25) is 19.3 Å². The summed E-state index contributed by atoms with van der Waals surface area (Å²) in [7, 11) is 0. The molecule has 1 fully saturated rings. The van der Waals surface area contributed by atoms with Crippen LogP contribution in [-0.2, 0) is 9.59 Å². The van der Waals surface area contributed by atoms with E-state index in [1.807, 2.05) is 0 Å². The molecule has 8 heteroatoms. The number of amides is 3. The third-order valence-electron chi connectivity index (χ3n) is 3.98. The SMILES string of the molecule is O=C(/C=C/c1cccc(F)c1)NCCN1C(=O)S/C(=C\c2ccccc2F)C1=O. The standard InChI is InChI=1S/C21H16F2N2O3S/c22-16-6-3-4-14(12-16)8-9-19(26)24-10-11-25-20(27)18(29-21(25)28)13-15-5-1-2-7-17(15)23/h1-9,12-13H,10-11H2,(H,24,26)/b9-8+,18-13-. The summed E-state index contributed by atoms with van der Waals surface area (Å²) in [4.78, 5) is 37.4. The van der Waals surface area contributed by atoms with E-state index in [1.165, 1.54) is 54.6 Å². The second-order valence-electron chi connectivity index (χ2n) is 6.03. The second-order valence-corrected chi connectivity index (χ2v) is 7.03. The first-order valence-electron chi connectivity index (χ1n) is 8.65. The summed E-state index contributed by atoms with van der Waals surface area (Å²) in [6.45, 7) is 0.0379. The van der Waals surface area contributed by atoms with Crippen LogP contribution in [0.2, 0.25) is 0 Å². The van der Waals surface area contributed by atoms with E-state index >= 15 is 0 Å². The van der Waals surface area contributed by atoms with E-state index in [0.717, 1.165) is 16.7 Å². The minimum Gasteiger partial charge on any atom is -0.351 e. The fraction of sp³-hybridized carbons (Fsp3) is 0.0952. The smallest absolute Gasteiger partial charge is 0.293 e. The average Bonchev–Trinajstić information content (AvgIpc) is 2.95. The second kappa shape index (κ2) is 9.29. The van der Waals surface area contributed by atoms with Crippen LogP contribution < -0.4 is 5.32 Å². The van der Waals surface area contributed by atoms with Crippen LogP contribution in [0.4, 0.5) is 13.6 Å². The number of hydrogen-bond donors (Lipinski definition) is 1. The number of halogens is 2. The van der Waals surface area contributed by atoms with E-state index in [0.29, 0.717) is 5.56 Å². The van der Waals surface area contributed by atoms with Crippen LogP contribution in [-0.4, -0.2) is 35.0 Å². The van der Waals surface area contributed by atoms with Crippen molar-refractivity contribution in [3.05, 3.63) is 82.3 Å². The Bertz CT molecular complexity index is 1020. The van der Waals surface area contributed by atoms with Crippen molar-refractivity contribution in [2.75, 3.05) is 13.1 Å². The van der Waals surface area contributed by atoms with Gasteiger partial charge in [0.15, 0.2) is 0 Å². The van der Waals surface area contributed by atoms with Crippen LogP contribution in [0.3, 0.4) is 0 Å². The van der Waals surface area contributed by atoms with Crippen molar-refractivity contribution in [1.82, 2.24) is 10.2 Å². The molecule has 1 saturated heterocycles. The lowest BCUT2D eigenvalue weighted by Gasteiger charge is -2.12. The summed E-state index contributed by atoms with van der Waals surface area (Å²) >= 11 is 0.723. The highest BCUT2D eigenvalue weighted by atomic mass is 32.2. The molecule has 0 aliphatic carbocycles. The first-order chi connectivity index (χ1) is 13.9. The monoisotopic (exact) mass is 414 g/mol. The van der Waals surface area contributed by atoms with Crippen molar-refractivity contribution < 1.29 is 23.2 Å². The summed E-state index contributed by atoms with van der Waals surface area (Å²) in [5, 5.41) is 2.07. The van der Waals surface area contributed by atoms with E-state index in [4.69, 9.17) is 0 Å². The van der Waals surface area contributed by atoms with E-state index < -0.39 is 28.7 Å². The molecule has 3 rings (SSSR count). The lowest BCUT2D eigenvalue weighted by molar-refractivity contribution is -0.123. The number of imide groups is 1. The Morgan fingerprint density at radius 2 is 1.90 bits per heavy atom. The predicted octanol–water partition coefficient (Wildman–Crippen LogP) is 3.83. The van der Waals surface area contributed by atoms with E-state index in [-0.39, 0.29) is 23.6 Å². The predicted molar refractivity (Wildman–Crippen MR) is 108 cm³/mol. The van der Waals surface area contributed by atoms with Gasteiger partial charge in [-0.25, -0.2) is 8.78 Å². The highest BCUT2D eigenvalue weighted by molar-refractivity contribution is 8.18. The number of nitrogens with zero attached hydrogens (tertiary/aromatic N) is 1. The van der Waals surface area contributed by atoms with E-state index in [2.05, 4.69) is 5.32 Å². The molecule has 0 unspecified atom stereocenters. The minimum atomic E-state index is -0.534. The molecule has 1 aliphatic rings. The van der Waals surface area contributed by atoms with Crippen molar-refractivity contribution in [2.24, 2.45) is 0 Å². The Hall–Kier alpha value is -3.26. The van der Waals surface area contributed by atoms with Gasteiger partial charge < -0.3 is 5.32 Å². The Balaban J connectivity index is 1.54. The average molecular weight is 414 g/mol. The maximum absolute atomic E-state index is 13.7. The summed E-state index contributed by atoms with van der Waals surface area (Å²) in [6, 6.07) is 11.7. The Kier molecular flexibility index (Phi) is 6.56. The number of carbonyl (C=O) groups is 3. The molecule has 0 atom stereocenters. The molecule has 0 radical (unpaired) electrons. The highest BCUT2D eigenvalue weighted by Gasteiger charge is 2.34. The first kappa shape index (κ1) is 20.5. The van der Waals surface area contributed by atoms with Gasteiger partial charge in [-0.2, -0.15) is 0 Å². The van der Waals surface area contributed by atoms with Crippen molar-refractivity contribution in [3.8, 4) is 0 Å². The zero-order chi connectivity index (χ0) is 20.8. The summed E-state index contributed by atoms with van der Waals surface area (Å²) in [6.07, 6.45) is 4.02. The largest absolute Gasteiger partial charge is 0.351 e. The maximum atomic E-state index is 13.7. The van der Waals surface area contributed by atoms with Crippen LogP contribution in [0, 0.1) is 11.6 Å². The molecule has 0 bridgehead atoms. The van der Waals surface area contributed by atoms with E-state index in [1.54, 1.807) is 12.1 Å². The molecule has 1 aliphatic heterocycles. The van der Waals surface area contributed by atoms with Gasteiger partial charge in [0.2, 0.25) is 5.91 Å². The number of nitrogens with one attached hydrogen (secondary N) is 1. The molecule has 0 spiro atoms. The van der Waals surface area contributed by atoms with Gasteiger partial charge in [-0.1, -0.05) is 30.3 Å². The molecule has 148 valence electrons. The molecule has 29 heavy (non-hydrogen) atoms. The zero-order valence-corrected chi connectivity index (χ0v) is 15.9. The minimum absolute atomic E-state index is 0.0151. The maximum Gasteiger partial charge on any atom is 0.293 e. The van der Waals surface area contributed by atoms with Gasteiger partial charge in [0.1, 0.15) is 11.6 Å². The quantitative estimate of drug-likeness (QED) is 0.730. The summed E-state index contributed by atoms with van der Waals surface area (Å²) in [5.74, 6) is -1.87. The lowest BCUT2D eigenvalue weighted by atomic mass is 10.2. The summed E-state index contributed by atoms with van der Waals surface area (Å²) in [5.41, 5.74) is 0.748. The topological polar surface area (TPSA) is 66.5 Å². The number of benzene rings is 2. The van der Waals surface area contributed by atoms with Gasteiger partial charge in [0, 0.05) is 24.7 Å². The van der Waals surface area contributed by atoms with E-state index in [9.17, 15) is 23.2 Å². The van der Waals surface area contributed by atoms with Crippen molar-refractivity contribution >= 4 is 41.0 Å². The molecular formula is C21H16F2N2O3S. The molecule has 5 nitrogen and oxygen atoms in total. The Morgan fingerprint density at radius 1 is 1.10 bits per heavy atom. The molecule has 2 aromatic rings. The molecule has 0 saturated carbocycles. The molecular weight excluding hydrogens is 398 g/mol. The van der Waals surface area contributed by atoms with Crippen LogP contribution in [0.25, 0.3) is 12.2 Å². The first-order valence-corrected chi connectivity index (χ1v) is 9.47. The third kappa shape index (κ3) is 5.39. The van der Waals surface area contributed by atoms with Crippen LogP contribution in [0.1, 0.15) is 11.1 Å². The van der Waals surface area contributed by atoms with Crippen LogP contribution in [0.5, 0.6) is 0 Å². The third-order valence-corrected chi connectivity index (χ3v) is 4.88. The fourth-order valence-electron chi connectivity index (χ4n) is 2.56. The normalized spacial score (nSPS) is 15.5. The van der Waals surface area contributed by atoms with Gasteiger partial charge >= 0.3 is 0 Å². The van der Waals surface area contributed by atoms with Gasteiger partial charge in [0.05, 0.1) is 4.91 Å². The van der Waals surface area contributed by atoms with Crippen LogP contribution >= 0.6 is 11.8 Å². The van der Waals surface area contributed by atoms with Crippen molar-refractivity contribution in [3.63, 3.8) is 0 Å². The van der Waals surface area contributed by atoms with Gasteiger partial charge in [0.25, 0.3) is 11.1 Å². The Morgan fingerprint density at radius 3 is 2.66 bits per heavy atom.